The van der Waals surface area contributed by atoms with E-state index in [2.05, 4.69) is 0 Å². The maximum atomic E-state index is 8.57. The SMILES string of the molecule is O=C([O-])[O-].[Ca+2].[O]=[Al][OH]. The quantitative estimate of drug-likeness (QED) is 0.365. The zero-order chi connectivity index (χ0) is 6.28. The summed E-state index contributed by atoms with van der Waals surface area (Å²) in [5.74, 6) is 0. The molecule has 0 spiro atoms. The van der Waals surface area contributed by atoms with E-state index in [-0.39, 0.29) is 37.7 Å². The fourth-order valence-electron chi connectivity index (χ4n) is 0. The molecule has 40 valence electrons. The average Bonchev–Trinajstić information content (AvgIpc) is 1.33. The van der Waals surface area contributed by atoms with Crippen molar-refractivity contribution < 1.29 is 23.0 Å². The van der Waals surface area contributed by atoms with Crippen LogP contribution in [0.1, 0.15) is 0 Å². The molecule has 0 rings (SSSR count). The second kappa shape index (κ2) is 15.6. The fourth-order valence-corrected chi connectivity index (χ4v) is 0. The van der Waals surface area contributed by atoms with E-state index in [9.17, 15) is 0 Å². The van der Waals surface area contributed by atoms with Crippen molar-refractivity contribution in [1.82, 2.24) is 0 Å². The fraction of sp³-hybridized carbons (Fsp3) is 0. The van der Waals surface area contributed by atoms with Gasteiger partial charge in [-0.05, 0) is 6.16 Å². The molecule has 7 heteroatoms. The van der Waals surface area contributed by atoms with Crippen molar-refractivity contribution in [2.75, 3.05) is 0 Å². The Balaban J connectivity index is -0.0000000575. The van der Waals surface area contributed by atoms with Crippen LogP contribution in [0.2, 0.25) is 0 Å². The molecule has 0 fully saturated rings. The van der Waals surface area contributed by atoms with Crippen LogP contribution in [0.25, 0.3) is 0 Å². The number of carbonyl (C=O) groups excluding carboxylic acids is 1. The van der Waals surface area contributed by atoms with Gasteiger partial charge < -0.3 is 15.0 Å². The summed E-state index contributed by atoms with van der Waals surface area (Å²) in [6.45, 7) is 0. The van der Waals surface area contributed by atoms with Gasteiger partial charge in [0.05, 0.1) is 0 Å². The molecule has 0 saturated heterocycles. The molecule has 5 nitrogen and oxygen atoms in total. The first kappa shape index (κ1) is 15.9. The number of carbonyl (C=O) groups is 1. The molecule has 0 aliphatic rings. The van der Waals surface area contributed by atoms with Crippen LogP contribution in [0.4, 0.5) is 4.79 Å². The summed E-state index contributed by atoms with van der Waals surface area (Å²) in [7, 11) is 0. The first-order chi connectivity index (χ1) is 3.15. The first-order valence-corrected chi connectivity index (χ1v) is 2.09. The summed E-state index contributed by atoms with van der Waals surface area (Å²) in [5.41, 5.74) is 0. The van der Waals surface area contributed by atoms with Crippen molar-refractivity contribution in [2.45, 2.75) is 0 Å². The van der Waals surface area contributed by atoms with E-state index in [1.54, 1.807) is 0 Å². The summed E-state index contributed by atoms with van der Waals surface area (Å²) in [5, 5.41) is 16.7. The Hall–Kier alpha value is 0.662. The average molecular weight is 160 g/mol. The van der Waals surface area contributed by atoms with Crippen LogP contribution in [0.5, 0.6) is 0 Å². The van der Waals surface area contributed by atoms with Crippen LogP contribution in [0.15, 0.2) is 0 Å². The van der Waals surface area contributed by atoms with E-state index in [1.807, 2.05) is 0 Å². The minimum atomic E-state index is -2.33. The van der Waals surface area contributed by atoms with Gasteiger partial charge in [-0.15, -0.1) is 0 Å². The molecule has 0 saturated carbocycles. The number of carboxylic acid groups (broad SMARTS) is 2. The zero-order valence-electron chi connectivity index (χ0n) is 3.86. The molecular weight excluding hydrogens is 159 g/mol. The molecule has 0 heterocycles. The van der Waals surface area contributed by atoms with Crippen molar-refractivity contribution in [1.29, 1.82) is 0 Å². The molecule has 0 bridgehead atoms. The number of hydrogen-bond donors (Lipinski definition) is 1. The van der Waals surface area contributed by atoms with Crippen molar-refractivity contribution in [3.8, 4) is 0 Å². The first-order valence-electron chi connectivity index (χ1n) is 1.11. The van der Waals surface area contributed by atoms with Crippen LogP contribution < -0.4 is 10.2 Å². The standard InChI is InChI=1S/CH2O3.Al.Ca.H2O.O/c2-1(3)4;;;;/h(H2,2,3,4);;;1H2;/q;+1;+2;;/p-3. The van der Waals surface area contributed by atoms with Crippen LogP contribution in [0, 0.1) is 0 Å². The van der Waals surface area contributed by atoms with E-state index in [4.69, 9.17) is 23.0 Å². The van der Waals surface area contributed by atoms with E-state index in [0.29, 0.717) is 0 Å². The molecule has 0 aliphatic heterocycles. The monoisotopic (exact) mass is 160 g/mol. The predicted octanol–water partition coefficient (Wildman–Crippen LogP) is -3.88. The second-order valence-corrected chi connectivity index (χ2v) is 0.566. The summed E-state index contributed by atoms with van der Waals surface area (Å²) in [6.07, 6.45) is -2.33. The second-order valence-electron chi connectivity index (χ2n) is 0.355. The van der Waals surface area contributed by atoms with E-state index < -0.39 is 21.6 Å². The van der Waals surface area contributed by atoms with Crippen molar-refractivity contribution >= 4 is 59.4 Å². The summed E-state index contributed by atoms with van der Waals surface area (Å²) >= 11 is -1.50. The van der Waals surface area contributed by atoms with E-state index in [0.717, 1.165) is 0 Å². The van der Waals surface area contributed by atoms with E-state index in [1.165, 1.54) is 0 Å². The molecule has 0 aromatic carbocycles. The minimum absolute atomic E-state index is 0. The number of rotatable bonds is 0. The van der Waals surface area contributed by atoms with Gasteiger partial charge in [-0.2, -0.15) is 0 Å². The maximum absolute atomic E-state index is 8.57. The van der Waals surface area contributed by atoms with Gasteiger partial charge in [-0.25, -0.2) is 0 Å². The third-order valence-electron chi connectivity index (χ3n) is 0. The molecule has 0 aliphatic carbocycles. The van der Waals surface area contributed by atoms with Crippen molar-refractivity contribution in [3.05, 3.63) is 0 Å². The van der Waals surface area contributed by atoms with Gasteiger partial charge in [0.1, 0.15) is 0 Å². The van der Waals surface area contributed by atoms with Gasteiger partial charge in [-0.1, -0.05) is 0 Å². The number of hydrogen-bond acceptors (Lipinski definition) is 4. The van der Waals surface area contributed by atoms with Gasteiger partial charge >= 0.3 is 61.2 Å². The topological polar surface area (TPSA) is 100 Å². The summed E-state index contributed by atoms with van der Waals surface area (Å²) in [6, 6.07) is 0. The molecule has 8 heavy (non-hydrogen) atoms. The normalized spacial score (nSPS) is 4.00. The van der Waals surface area contributed by atoms with Crippen molar-refractivity contribution in [3.63, 3.8) is 0 Å². The van der Waals surface area contributed by atoms with Crippen LogP contribution in [-0.2, 0) is 3.80 Å². The van der Waals surface area contributed by atoms with Gasteiger partial charge in [0.2, 0.25) is 0 Å². The van der Waals surface area contributed by atoms with Gasteiger partial charge in [0.15, 0.2) is 0 Å². The van der Waals surface area contributed by atoms with Gasteiger partial charge in [0, 0.05) is 0 Å². The third kappa shape index (κ3) is 487. The Morgan fingerprint density at radius 1 is 1.50 bits per heavy atom. The van der Waals surface area contributed by atoms with Crippen LogP contribution in [-0.4, -0.2) is 63.5 Å². The predicted molar refractivity (Wildman–Crippen MR) is 19.8 cm³/mol. The molecule has 0 radical (unpaired) electrons. The molecule has 0 aromatic heterocycles. The van der Waals surface area contributed by atoms with Crippen LogP contribution >= 0.6 is 0 Å². The van der Waals surface area contributed by atoms with E-state index >= 15 is 0 Å². The molecule has 0 unspecified atom stereocenters. The van der Waals surface area contributed by atoms with Gasteiger partial charge in [-0.3, -0.25) is 0 Å². The zero-order valence-corrected chi connectivity index (χ0v) is 7.23. The van der Waals surface area contributed by atoms with Crippen molar-refractivity contribution in [2.24, 2.45) is 0 Å². The summed E-state index contributed by atoms with van der Waals surface area (Å²) in [4.78, 5) is 8.33. The Labute approximate surface area is 81.6 Å². The Kier molecular flexibility index (Phi) is 31.0. The Morgan fingerprint density at radius 2 is 1.50 bits per heavy atom. The summed E-state index contributed by atoms with van der Waals surface area (Å²) < 4.78 is 15.7. The Morgan fingerprint density at radius 3 is 1.50 bits per heavy atom. The molecule has 0 atom stereocenters. The Bertz CT molecular complexity index is 59.4. The molecule has 0 amide bonds. The van der Waals surface area contributed by atoms with Gasteiger partial charge in [0.25, 0.3) is 0 Å². The third-order valence-corrected chi connectivity index (χ3v) is 0. The molecule has 0 aromatic rings. The molecule has 1 N–H and O–H groups in total. The molecular formula is CHAlCaO5. The van der Waals surface area contributed by atoms with Crippen LogP contribution in [0.3, 0.4) is 0 Å².